The minimum absolute atomic E-state index is 0.0956. The molecule has 0 bridgehead atoms. The van der Waals surface area contributed by atoms with Crippen LogP contribution in [0.3, 0.4) is 0 Å². The van der Waals surface area contributed by atoms with E-state index in [1.54, 1.807) is 5.38 Å². The zero-order chi connectivity index (χ0) is 21.6. The molecule has 1 aromatic heterocycles. The van der Waals surface area contributed by atoms with Crippen LogP contribution >= 0.6 is 23.1 Å². The van der Waals surface area contributed by atoms with Gasteiger partial charge >= 0.3 is 5.97 Å². The molecule has 0 unspecified atom stereocenters. The van der Waals surface area contributed by atoms with Crippen molar-refractivity contribution in [3.63, 3.8) is 0 Å². The fourth-order valence-corrected chi connectivity index (χ4v) is 6.37. The monoisotopic (exact) mass is 459 g/mol. The maximum absolute atomic E-state index is 12.4. The molecule has 4 rings (SSSR count). The Bertz CT molecular complexity index is 881. The number of likely N-dealkylation sites (tertiary alicyclic amines) is 2. The molecule has 31 heavy (non-hydrogen) atoms. The molecule has 2 fully saturated rings. The predicted octanol–water partition coefficient (Wildman–Crippen LogP) is 3.88. The van der Waals surface area contributed by atoms with Crippen molar-refractivity contribution in [3.05, 3.63) is 47.0 Å². The third kappa shape index (κ3) is 6.08. The van der Waals surface area contributed by atoms with Gasteiger partial charge in [0.15, 0.2) is 10.0 Å². The minimum atomic E-state index is -0.995. The summed E-state index contributed by atoms with van der Waals surface area (Å²) in [5, 5.41) is 10.6. The summed E-state index contributed by atoms with van der Waals surface area (Å²) in [6, 6.07) is 11.1. The van der Waals surface area contributed by atoms with Gasteiger partial charge < -0.3 is 14.9 Å². The van der Waals surface area contributed by atoms with Crippen LogP contribution in [0.4, 0.5) is 0 Å². The van der Waals surface area contributed by atoms with E-state index in [0.29, 0.717) is 19.0 Å². The summed E-state index contributed by atoms with van der Waals surface area (Å²) in [6.07, 6.45) is 5.19. The van der Waals surface area contributed by atoms with E-state index in [2.05, 4.69) is 40.2 Å². The van der Waals surface area contributed by atoms with Gasteiger partial charge in [-0.15, -0.1) is 11.3 Å². The number of carboxylic acid groups (broad SMARTS) is 1. The molecule has 0 saturated carbocycles. The molecule has 0 spiro atoms. The van der Waals surface area contributed by atoms with Gasteiger partial charge in [0.2, 0.25) is 5.91 Å². The summed E-state index contributed by atoms with van der Waals surface area (Å²) in [5.41, 5.74) is 1.53. The summed E-state index contributed by atoms with van der Waals surface area (Å²) in [6.45, 7) is 3.89. The Morgan fingerprint density at radius 1 is 1.19 bits per heavy atom. The summed E-state index contributed by atoms with van der Waals surface area (Å²) < 4.78 is 0.751. The Balaban J connectivity index is 1.21. The number of thiazole rings is 1. The number of thioether (sulfide) groups is 1. The molecule has 1 N–H and O–H groups in total. The number of carbonyl (C=O) groups excluding carboxylic acids is 1. The lowest BCUT2D eigenvalue weighted by atomic mass is 9.90. The molecule has 2 aromatic rings. The second kappa shape index (κ2) is 10.6. The topological polar surface area (TPSA) is 73.7 Å². The summed E-state index contributed by atoms with van der Waals surface area (Å²) in [5.74, 6) is 0.749. The van der Waals surface area contributed by atoms with E-state index in [1.165, 1.54) is 47.9 Å². The fraction of sp³-hybridized carbons (Fsp3) is 0.522. The molecule has 2 aliphatic rings. The highest BCUT2D eigenvalue weighted by Crippen LogP contribution is 2.27. The lowest BCUT2D eigenvalue weighted by molar-refractivity contribution is -0.128. The number of amides is 1. The normalized spacial score (nSPS) is 20.5. The first-order valence-electron chi connectivity index (χ1n) is 11.0. The Kier molecular flexibility index (Phi) is 7.63. The number of hydrogen-bond donors (Lipinski definition) is 1. The van der Waals surface area contributed by atoms with Gasteiger partial charge in [0.05, 0.1) is 0 Å². The number of aromatic carboxylic acids is 1. The van der Waals surface area contributed by atoms with E-state index in [9.17, 15) is 9.59 Å². The first kappa shape index (κ1) is 22.3. The van der Waals surface area contributed by atoms with Crippen molar-refractivity contribution in [1.82, 2.24) is 14.8 Å². The van der Waals surface area contributed by atoms with E-state index < -0.39 is 5.97 Å². The lowest BCUT2D eigenvalue weighted by Gasteiger charge is -2.35. The van der Waals surface area contributed by atoms with E-state index in [0.717, 1.165) is 42.1 Å². The third-order valence-electron chi connectivity index (χ3n) is 6.26. The van der Waals surface area contributed by atoms with Crippen molar-refractivity contribution in [2.75, 3.05) is 31.9 Å². The van der Waals surface area contributed by atoms with Crippen molar-refractivity contribution in [2.24, 2.45) is 5.92 Å². The second-order valence-corrected chi connectivity index (χ2v) is 10.6. The van der Waals surface area contributed by atoms with Crippen LogP contribution in [0.2, 0.25) is 0 Å². The van der Waals surface area contributed by atoms with E-state index in [1.807, 2.05) is 4.90 Å². The number of rotatable bonds is 9. The summed E-state index contributed by atoms with van der Waals surface area (Å²) in [4.78, 5) is 32.1. The Morgan fingerprint density at radius 3 is 2.68 bits per heavy atom. The molecular weight excluding hydrogens is 430 g/mol. The number of piperidine rings is 1. The van der Waals surface area contributed by atoms with Crippen LogP contribution in [0, 0.1) is 5.92 Å². The van der Waals surface area contributed by atoms with Crippen molar-refractivity contribution < 1.29 is 14.7 Å². The molecule has 8 heteroatoms. The van der Waals surface area contributed by atoms with E-state index in [-0.39, 0.29) is 11.6 Å². The van der Waals surface area contributed by atoms with E-state index >= 15 is 0 Å². The van der Waals surface area contributed by atoms with Gasteiger partial charge in [-0.1, -0.05) is 42.1 Å². The van der Waals surface area contributed by atoms with Gasteiger partial charge in [-0.05, 0) is 50.3 Å². The van der Waals surface area contributed by atoms with Crippen LogP contribution in [0.5, 0.6) is 0 Å². The van der Waals surface area contributed by atoms with Crippen LogP contribution in [-0.4, -0.2) is 69.7 Å². The molecule has 166 valence electrons. The fourth-order valence-electron chi connectivity index (χ4n) is 4.56. The average Bonchev–Trinajstić information content (AvgIpc) is 3.38. The first-order chi connectivity index (χ1) is 15.1. The number of aromatic nitrogens is 1. The van der Waals surface area contributed by atoms with Gasteiger partial charge in [-0.2, -0.15) is 0 Å². The third-order valence-corrected chi connectivity index (χ3v) is 8.26. The molecule has 2 saturated heterocycles. The zero-order valence-corrected chi connectivity index (χ0v) is 19.2. The number of nitrogens with zero attached hydrogens (tertiary/aromatic N) is 3. The van der Waals surface area contributed by atoms with Crippen LogP contribution < -0.4 is 0 Å². The maximum Gasteiger partial charge on any atom is 0.355 e. The largest absolute Gasteiger partial charge is 0.476 e. The van der Waals surface area contributed by atoms with Gasteiger partial charge in [-0.25, -0.2) is 9.78 Å². The highest BCUT2D eigenvalue weighted by molar-refractivity contribution is 8.01. The van der Waals surface area contributed by atoms with Crippen molar-refractivity contribution in [2.45, 2.75) is 42.5 Å². The number of hydrogen-bond acceptors (Lipinski definition) is 6. The lowest BCUT2D eigenvalue weighted by Crippen LogP contribution is -2.45. The highest BCUT2D eigenvalue weighted by Gasteiger charge is 2.32. The number of benzene rings is 1. The highest BCUT2D eigenvalue weighted by atomic mass is 32.2. The van der Waals surface area contributed by atoms with Crippen LogP contribution in [-0.2, 0) is 11.2 Å². The molecule has 1 atom stereocenters. The Labute approximate surface area is 191 Å². The van der Waals surface area contributed by atoms with Gasteiger partial charge in [0, 0.05) is 36.7 Å². The summed E-state index contributed by atoms with van der Waals surface area (Å²) in [7, 11) is 0. The standard InChI is InChI=1S/C23H29N3O3S2/c27-21-7-6-19(26(21)12-13-30-23-24-20(16-31-23)22(28)29)15-25-10-8-18(9-11-25)14-17-4-2-1-3-5-17/h1-5,16,18-19H,6-15H2,(H,28,29)/t19-/m1/s1. The molecule has 0 radical (unpaired) electrons. The molecule has 0 aliphatic carbocycles. The molecular formula is C23H29N3O3S2. The minimum Gasteiger partial charge on any atom is -0.476 e. The van der Waals surface area contributed by atoms with Crippen molar-refractivity contribution in [3.8, 4) is 0 Å². The molecule has 6 nitrogen and oxygen atoms in total. The number of carboxylic acids is 1. The molecule has 3 heterocycles. The second-order valence-electron chi connectivity index (χ2n) is 8.37. The Hall–Kier alpha value is -1.90. The smallest absolute Gasteiger partial charge is 0.355 e. The SMILES string of the molecule is O=C(O)c1csc(SCCN2C(=O)CC[C@@H]2CN2CCC(Cc3ccccc3)CC2)n1. The van der Waals surface area contributed by atoms with Gasteiger partial charge in [0.1, 0.15) is 0 Å². The zero-order valence-electron chi connectivity index (χ0n) is 17.6. The Morgan fingerprint density at radius 2 is 1.97 bits per heavy atom. The summed E-state index contributed by atoms with van der Waals surface area (Å²) >= 11 is 2.88. The number of carbonyl (C=O) groups is 2. The quantitative estimate of drug-likeness (QED) is 0.574. The maximum atomic E-state index is 12.4. The van der Waals surface area contributed by atoms with Crippen LogP contribution in [0.15, 0.2) is 40.1 Å². The van der Waals surface area contributed by atoms with Crippen molar-refractivity contribution in [1.29, 1.82) is 0 Å². The first-order valence-corrected chi connectivity index (χ1v) is 12.8. The van der Waals surface area contributed by atoms with E-state index in [4.69, 9.17) is 5.11 Å². The van der Waals surface area contributed by atoms with Crippen LogP contribution in [0.1, 0.15) is 41.7 Å². The molecule has 1 amide bonds. The van der Waals surface area contributed by atoms with Crippen LogP contribution in [0.25, 0.3) is 0 Å². The van der Waals surface area contributed by atoms with Gasteiger partial charge in [0.25, 0.3) is 0 Å². The predicted molar refractivity (Wildman–Crippen MR) is 124 cm³/mol. The van der Waals surface area contributed by atoms with Gasteiger partial charge in [-0.3, -0.25) is 4.79 Å². The van der Waals surface area contributed by atoms with Crippen molar-refractivity contribution >= 4 is 35.0 Å². The average molecular weight is 460 g/mol. The molecule has 2 aliphatic heterocycles. The molecule has 1 aromatic carbocycles.